The molecule has 0 radical (unpaired) electrons. The van der Waals surface area contributed by atoms with Crippen molar-refractivity contribution in [3.63, 3.8) is 0 Å². The number of hydrogen-bond acceptors (Lipinski definition) is 1. The van der Waals surface area contributed by atoms with Crippen LogP contribution < -0.4 is 0 Å². The van der Waals surface area contributed by atoms with Crippen molar-refractivity contribution in [2.45, 2.75) is 52.0 Å². The molecule has 0 aromatic heterocycles. The lowest BCUT2D eigenvalue weighted by Crippen LogP contribution is -2.40. The van der Waals surface area contributed by atoms with Gasteiger partial charge in [-0.15, -0.1) is 0 Å². The topological polar surface area (TPSA) is 20.3 Å². The van der Waals surface area contributed by atoms with Gasteiger partial charge in [-0.05, 0) is 32.6 Å². The molecule has 82 valence electrons. The first-order chi connectivity index (χ1) is 6.66. The van der Waals surface area contributed by atoms with Crippen molar-refractivity contribution in [2.75, 3.05) is 6.54 Å². The molecule has 1 amide bonds. The van der Waals surface area contributed by atoms with E-state index in [2.05, 4.69) is 19.6 Å². The highest BCUT2D eigenvalue weighted by Gasteiger charge is 2.25. The van der Waals surface area contributed by atoms with Crippen molar-refractivity contribution in [3.05, 3.63) is 0 Å². The molecule has 0 aromatic carbocycles. The SMILES string of the molecule is CCN(C(=O)S)[C@@H](C)C1CCCCC1. The summed E-state index contributed by atoms with van der Waals surface area (Å²) in [5.74, 6) is 0.694. The van der Waals surface area contributed by atoms with Crippen molar-refractivity contribution in [2.24, 2.45) is 5.92 Å². The van der Waals surface area contributed by atoms with Gasteiger partial charge in [0.25, 0.3) is 5.24 Å². The maximum absolute atomic E-state index is 11.2. The van der Waals surface area contributed by atoms with E-state index in [9.17, 15) is 4.79 Å². The van der Waals surface area contributed by atoms with E-state index in [-0.39, 0.29) is 5.24 Å². The molecule has 0 bridgehead atoms. The zero-order valence-electron chi connectivity index (χ0n) is 9.20. The summed E-state index contributed by atoms with van der Waals surface area (Å²) in [6.45, 7) is 4.96. The van der Waals surface area contributed by atoms with Crippen LogP contribution in [0.4, 0.5) is 4.79 Å². The molecule has 1 saturated carbocycles. The van der Waals surface area contributed by atoms with Crippen molar-refractivity contribution < 1.29 is 4.79 Å². The third kappa shape index (κ3) is 2.91. The summed E-state index contributed by atoms with van der Waals surface area (Å²) < 4.78 is 0. The fraction of sp³-hybridized carbons (Fsp3) is 0.909. The molecule has 1 aliphatic carbocycles. The summed E-state index contributed by atoms with van der Waals surface area (Å²) in [7, 11) is 0. The molecule has 0 unspecified atom stereocenters. The van der Waals surface area contributed by atoms with E-state index in [0.29, 0.717) is 12.0 Å². The van der Waals surface area contributed by atoms with Gasteiger partial charge in [0.2, 0.25) is 0 Å². The van der Waals surface area contributed by atoms with Gasteiger partial charge >= 0.3 is 0 Å². The summed E-state index contributed by atoms with van der Waals surface area (Å²) in [4.78, 5) is 13.1. The van der Waals surface area contributed by atoms with Gasteiger partial charge in [-0.1, -0.05) is 31.9 Å². The molecule has 0 N–H and O–H groups in total. The molecule has 1 atom stereocenters. The summed E-state index contributed by atoms with van der Waals surface area (Å²) in [6, 6.07) is 0.366. The first kappa shape index (κ1) is 11.9. The van der Waals surface area contributed by atoms with Crippen molar-refractivity contribution in [1.29, 1.82) is 0 Å². The van der Waals surface area contributed by atoms with Gasteiger partial charge in [0, 0.05) is 12.6 Å². The van der Waals surface area contributed by atoms with Gasteiger partial charge in [0.1, 0.15) is 0 Å². The van der Waals surface area contributed by atoms with E-state index in [1.165, 1.54) is 32.1 Å². The Bertz CT molecular complexity index is 190. The van der Waals surface area contributed by atoms with E-state index in [1.54, 1.807) is 0 Å². The normalized spacial score (nSPS) is 20.5. The summed E-state index contributed by atoms with van der Waals surface area (Å²) in [6.07, 6.45) is 6.57. The molecular formula is C11H21NOS. The highest BCUT2D eigenvalue weighted by atomic mass is 32.1. The van der Waals surface area contributed by atoms with Crippen LogP contribution in [0.1, 0.15) is 46.0 Å². The summed E-state index contributed by atoms with van der Waals surface area (Å²) in [5.41, 5.74) is 0. The van der Waals surface area contributed by atoms with Crippen LogP contribution >= 0.6 is 12.6 Å². The van der Waals surface area contributed by atoms with Crippen LogP contribution in [-0.4, -0.2) is 22.7 Å². The fourth-order valence-electron chi connectivity index (χ4n) is 2.47. The number of hydrogen-bond donors (Lipinski definition) is 1. The second-order valence-electron chi connectivity index (χ2n) is 4.21. The Hall–Kier alpha value is -0.180. The minimum absolute atomic E-state index is 0.0782. The summed E-state index contributed by atoms with van der Waals surface area (Å²) in [5, 5.41) is -0.0782. The monoisotopic (exact) mass is 215 g/mol. The number of carbonyl (C=O) groups is 1. The Morgan fingerprint density at radius 2 is 2.00 bits per heavy atom. The maximum atomic E-state index is 11.2. The molecule has 0 spiro atoms. The Morgan fingerprint density at radius 1 is 1.43 bits per heavy atom. The van der Waals surface area contributed by atoms with Gasteiger partial charge in [0.05, 0.1) is 0 Å². The zero-order chi connectivity index (χ0) is 10.6. The average Bonchev–Trinajstić information content (AvgIpc) is 2.19. The first-order valence-corrected chi connectivity index (χ1v) is 6.11. The fourth-order valence-corrected chi connectivity index (χ4v) is 2.79. The minimum atomic E-state index is -0.0782. The van der Waals surface area contributed by atoms with E-state index >= 15 is 0 Å². The van der Waals surface area contributed by atoms with E-state index in [1.807, 2.05) is 11.8 Å². The van der Waals surface area contributed by atoms with Gasteiger partial charge in [0.15, 0.2) is 0 Å². The van der Waals surface area contributed by atoms with Crippen molar-refractivity contribution in [1.82, 2.24) is 4.90 Å². The lowest BCUT2D eigenvalue weighted by molar-refractivity contribution is 0.161. The van der Waals surface area contributed by atoms with Crippen molar-refractivity contribution >= 4 is 17.9 Å². The van der Waals surface area contributed by atoms with Gasteiger partial charge in [-0.2, -0.15) is 0 Å². The second-order valence-corrected chi connectivity index (χ2v) is 4.59. The second kappa shape index (κ2) is 5.64. The predicted octanol–water partition coefficient (Wildman–Crippen LogP) is 3.33. The standard InChI is InChI=1S/C11H21NOS/c1-3-12(11(13)14)9(2)10-7-5-4-6-8-10/h9-10H,3-8H2,1-2H3,(H,13,14)/t9-/m0/s1. The van der Waals surface area contributed by atoms with Crippen LogP contribution in [0, 0.1) is 5.92 Å². The molecule has 0 aromatic rings. The number of carbonyl (C=O) groups excluding carboxylic acids is 1. The molecule has 1 aliphatic rings. The molecule has 0 aliphatic heterocycles. The van der Waals surface area contributed by atoms with Crippen LogP contribution in [0.2, 0.25) is 0 Å². The Kier molecular flexibility index (Phi) is 4.79. The van der Waals surface area contributed by atoms with Gasteiger partial charge in [-0.25, -0.2) is 0 Å². The van der Waals surface area contributed by atoms with Crippen LogP contribution in [0.5, 0.6) is 0 Å². The van der Waals surface area contributed by atoms with Crippen LogP contribution in [0.3, 0.4) is 0 Å². The molecular weight excluding hydrogens is 194 g/mol. The number of thiol groups is 1. The quantitative estimate of drug-likeness (QED) is 0.716. The Labute approximate surface area is 92.5 Å². The smallest absolute Gasteiger partial charge is 0.278 e. The molecule has 2 nitrogen and oxygen atoms in total. The maximum Gasteiger partial charge on any atom is 0.278 e. The Balaban J connectivity index is 2.51. The average molecular weight is 215 g/mol. The summed E-state index contributed by atoms with van der Waals surface area (Å²) >= 11 is 3.92. The van der Waals surface area contributed by atoms with Gasteiger partial charge in [-0.3, -0.25) is 4.79 Å². The molecule has 14 heavy (non-hydrogen) atoms. The molecule has 1 fully saturated rings. The zero-order valence-corrected chi connectivity index (χ0v) is 10.1. The van der Waals surface area contributed by atoms with Gasteiger partial charge < -0.3 is 4.90 Å². The first-order valence-electron chi connectivity index (χ1n) is 5.66. The molecule has 3 heteroatoms. The number of rotatable bonds is 3. The van der Waals surface area contributed by atoms with E-state index in [4.69, 9.17) is 0 Å². The van der Waals surface area contributed by atoms with E-state index in [0.717, 1.165) is 6.54 Å². The lowest BCUT2D eigenvalue weighted by atomic mass is 9.84. The molecule has 1 rings (SSSR count). The highest BCUT2D eigenvalue weighted by Crippen LogP contribution is 2.29. The van der Waals surface area contributed by atoms with Crippen LogP contribution in [-0.2, 0) is 0 Å². The third-order valence-electron chi connectivity index (χ3n) is 3.41. The minimum Gasteiger partial charge on any atom is -0.331 e. The highest BCUT2D eigenvalue weighted by molar-refractivity contribution is 7.96. The lowest BCUT2D eigenvalue weighted by Gasteiger charge is -2.35. The van der Waals surface area contributed by atoms with Crippen LogP contribution in [0.15, 0.2) is 0 Å². The molecule has 0 heterocycles. The predicted molar refractivity (Wildman–Crippen MR) is 62.8 cm³/mol. The van der Waals surface area contributed by atoms with Crippen LogP contribution in [0.25, 0.3) is 0 Å². The number of amides is 1. The van der Waals surface area contributed by atoms with Crippen molar-refractivity contribution in [3.8, 4) is 0 Å². The number of nitrogens with zero attached hydrogens (tertiary/aromatic N) is 1. The largest absolute Gasteiger partial charge is 0.331 e. The van der Waals surface area contributed by atoms with E-state index < -0.39 is 0 Å². The molecule has 0 saturated heterocycles. The Morgan fingerprint density at radius 3 is 2.43 bits per heavy atom. The third-order valence-corrected chi connectivity index (χ3v) is 3.67.